The Kier molecular flexibility index (Phi) is 5.04. The first-order chi connectivity index (χ1) is 9.95. The van der Waals surface area contributed by atoms with Crippen molar-refractivity contribution >= 4 is 5.91 Å². The largest absolute Gasteiger partial charge is 0.388 e. The summed E-state index contributed by atoms with van der Waals surface area (Å²) in [5, 5.41) is 17.8. The maximum Gasteiger partial charge on any atom is 0.254 e. The number of amides is 1. The fourth-order valence-electron chi connectivity index (χ4n) is 2.93. The number of carbonyl (C=O) groups is 1. The van der Waals surface area contributed by atoms with Gasteiger partial charge in [0.25, 0.3) is 5.91 Å². The third-order valence-electron chi connectivity index (χ3n) is 4.27. The summed E-state index contributed by atoms with van der Waals surface area (Å²) in [6, 6.07) is 0. The van der Waals surface area contributed by atoms with Crippen LogP contribution in [0.5, 0.6) is 0 Å². The maximum atomic E-state index is 12.4. The second-order valence-electron chi connectivity index (χ2n) is 6.41. The van der Waals surface area contributed by atoms with E-state index in [1.165, 1.54) is 6.42 Å². The second-order valence-corrected chi connectivity index (χ2v) is 6.41. The quantitative estimate of drug-likeness (QED) is 0.876. The van der Waals surface area contributed by atoms with Gasteiger partial charge in [0.05, 0.1) is 16.9 Å². The zero-order valence-corrected chi connectivity index (χ0v) is 13.4. The first-order valence-electron chi connectivity index (χ1n) is 8.03. The van der Waals surface area contributed by atoms with Crippen LogP contribution in [0.3, 0.4) is 0 Å². The molecule has 0 radical (unpaired) electrons. The van der Waals surface area contributed by atoms with Gasteiger partial charge in [-0.15, -0.1) is 0 Å². The van der Waals surface area contributed by atoms with Gasteiger partial charge in [-0.3, -0.25) is 9.48 Å². The smallest absolute Gasteiger partial charge is 0.254 e. The number of rotatable bonds is 5. The molecule has 1 aromatic heterocycles. The van der Waals surface area contributed by atoms with Crippen LogP contribution in [0.25, 0.3) is 0 Å². The zero-order valence-electron chi connectivity index (χ0n) is 13.4. The van der Waals surface area contributed by atoms with Crippen LogP contribution >= 0.6 is 0 Å². The van der Waals surface area contributed by atoms with Crippen LogP contribution in [-0.4, -0.2) is 32.9 Å². The fraction of sp³-hybridized carbons (Fsp3) is 0.750. The van der Waals surface area contributed by atoms with E-state index >= 15 is 0 Å². The van der Waals surface area contributed by atoms with Crippen LogP contribution in [0.1, 0.15) is 74.8 Å². The highest BCUT2D eigenvalue weighted by Gasteiger charge is 2.30. The molecular weight excluding hydrogens is 266 g/mol. The van der Waals surface area contributed by atoms with Crippen molar-refractivity contribution in [2.24, 2.45) is 0 Å². The normalized spacial score (nSPS) is 18.0. The Balaban J connectivity index is 2.04. The number of aryl methyl sites for hydroxylation is 1. The number of nitrogens with zero attached hydrogens (tertiary/aromatic N) is 2. The molecule has 1 aliphatic carbocycles. The van der Waals surface area contributed by atoms with Gasteiger partial charge in [0, 0.05) is 19.3 Å². The summed E-state index contributed by atoms with van der Waals surface area (Å²) in [6.45, 7) is 7.16. The highest BCUT2D eigenvalue weighted by Crippen LogP contribution is 2.27. The summed E-state index contributed by atoms with van der Waals surface area (Å²) in [5.41, 5.74) is 0.725. The summed E-state index contributed by atoms with van der Waals surface area (Å²) < 4.78 is 1.79. The lowest BCUT2D eigenvalue weighted by atomic mass is 9.85. The summed E-state index contributed by atoms with van der Waals surface area (Å²) in [4.78, 5) is 12.4. The van der Waals surface area contributed by atoms with Crippen molar-refractivity contribution < 1.29 is 9.90 Å². The van der Waals surface area contributed by atoms with Gasteiger partial charge >= 0.3 is 0 Å². The standard InChI is InChI=1S/C16H27N3O2/c1-4-19-10-13(14(18-19)12(2)3)15(20)17-11-16(21)8-6-5-7-9-16/h10,12,21H,4-9,11H2,1-3H3,(H,17,20). The van der Waals surface area contributed by atoms with Crippen LogP contribution in [-0.2, 0) is 6.54 Å². The van der Waals surface area contributed by atoms with Crippen LogP contribution in [0.15, 0.2) is 6.20 Å². The minimum atomic E-state index is -0.730. The van der Waals surface area contributed by atoms with Crippen molar-refractivity contribution in [3.63, 3.8) is 0 Å². The number of carbonyl (C=O) groups excluding carboxylic acids is 1. The molecule has 21 heavy (non-hydrogen) atoms. The highest BCUT2D eigenvalue weighted by atomic mass is 16.3. The average molecular weight is 293 g/mol. The van der Waals surface area contributed by atoms with Gasteiger partial charge in [-0.25, -0.2) is 0 Å². The molecule has 0 spiro atoms. The van der Waals surface area contributed by atoms with Gasteiger partial charge < -0.3 is 10.4 Å². The summed E-state index contributed by atoms with van der Waals surface area (Å²) in [5.74, 6) is 0.0775. The lowest BCUT2D eigenvalue weighted by Gasteiger charge is -2.32. The van der Waals surface area contributed by atoms with Crippen molar-refractivity contribution in [1.29, 1.82) is 0 Å². The topological polar surface area (TPSA) is 67.2 Å². The zero-order chi connectivity index (χ0) is 15.5. The summed E-state index contributed by atoms with van der Waals surface area (Å²) in [7, 11) is 0. The molecule has 118 valence electrons. The van der Waals surface area contributed by atoms with E-state index in [2.05, 4.69) is 10.4 Å². The molecule has 0 aromatic carbocycles. The van der Waals surface area contributed by atoms with Crippen molar-refractivity contribution in [2.45, 2.75) is 70.9 Å². The number of aliphatic hydroxyl groups is 1. The lowest BCUT2D eigenvalue weighted by molar-refractivity contribution is 0.00524. The Morgan fingerprint density at radius 1 is 1.43 bits per heavy atom. The molecule has 2 rings (SSSR count). The molecule has 0 saturated heterocycles. The Hall–Kier alpha value is -1.36. The fourth-order valence-corrected chi connectivity index (χ4v) is 2.93. The summed E-state index contributed by atoms with van der Waals surface area (Å²) >= 11 is 0. The van der Waals surface area contributed by atoms with E-state index in [0.29, 0.717) is 12.1 Å². The van der Waals surface area contributed by atoms with Crippen molar-refractivity contribution in [3.05, 3.63) is 17.5 Å². The van der Waals surface area contributed by atoms with Crippen LogP contribution < -0.4 is 5.32 Å². The van der Waals surface area contributed by atoms with Crippen LogP contribution in [0, 0.1) is 0 Å². The molecule has 2 N–H and O–H groups in total. The predicted molar refractivity (Wildman–Crippen MR) is 82.4 cm³/mol. The molecule has 1 aromatic rings. The van der Waals surface area contributed by atoms with E-state index in [1.807, 2.05) is 20.8 Å². The third-order valence-corrected chi connectivity index (χ3v) is 4.27. The van der Waals surface area contributed by atoms with Crippen molar-refractivity contribution in [2.75, 3.05) is 6.54 Å². The summed E-state index contributed by atoms with van der Waals surface area (Å²) in [6.07, 6.45) is 6.61. The first kappa shape index (κ1) is 16.0. The molecule has 5 nitrogen and oxygen atoms in total. The molecular formula is C16H27N3O2. The van der Waals surface area contributed by atoms with Gasteiger partial charge in [0.1, 0.15) is 0 Å². The van der Waals surface area contributed by atoms with Gasteiger partial charge in [0.2, 0.25) is 0 Å². The molecule has 1 saturated carbocycles. The van der Waals surface area contributed by atoms with Gasteiger partial charge in [0.15, 0.2) is 0 Å². The van der Waals surface area contributed by atoms with E-state index in [1.54, 1.807) is 10.9 Å². The van der Waals surface area contributed by atoms with E-state index in [-0.39, 0.29) is 11.8 Å². The maximum absolute atomic E-state index is 12.4. The average Bonchev–Trinajstić information content (AvgIpc) is 2.90. The monoisotopic (exact) mass is 293 g/mol. The van der Waals surface area contributed by atoms with Crippen molar-refractivity contribution in [3.8, 4) is 0 Å². The van der Waals surface area contributed by atoms with Gasteiger partial charge in [-0.1, -0.05) is 33.1 Å². The molecule has 0 bridgehead atoms. The minimum Gasteiger partial charge on any atom is -0.388 e. The van der Waals surface area contributed by atoms with Gasteiger partial charge in [-0.2, -0.15) is 5.10 Å². The van der Waals surface area contributed by atoms with E-state index < -0.39 is 5.60 Å². The molecule has 1 heterocycles. The molecule has 0 unspecified atom stereocenters. The minimum absolute atomic E-state index is 0.127. The van der Waals surface area contributed by atoms with Crippen LogP contribution in [0.4, 0.5) is 0 Å². The Bertz CT molecular complexity index is 488. The van der Waals surface area contributed by atoms with E-state index in [9.17, 15) is 9.90 Å². The number of aromatic nitrogens is 2. The van der Waals surface area contributed by atoms with Crippen LogP contribution in [0.2, 0.25) is 0 Å². The third kappa shape index (κ3) is 3.84. The number of hydrogen-bond donors (Lipinski definition) is 2. The highest BCUT2D eigenvalue weighted by molar-refractivity contribution is 5.95. The number of hydrogen-bond acceptors (Lipinski definition) is 3. The molecule has 1 fully saturated rings. The van der Waals surface area contributed by atoms with Crippen molar-refractivity contribution in [1.82, 2.24) is 15.1 Å². The SMILES string of the molecule is CCn1cc(C(=O)NCC2(O)CCCCC2)c(C(C)C)n1. The Morgan fingerprint density at radius 2 is 2.10 bits per heavy atom. The predicted octanol–water partition coefficient (Wildman–Crippen LogP) is 2.45. The first-order valence-corrected chi connectivity index (χ1v) is 8.03. The second kappa shape index (κ2) is 6.60. The Morgan fingerprint density at radius 3 is 2.67 bits per heavy atom. The molecule has 0 aliphatic heterocycles. The molecule has 5 heteroatoms. The number of nitrogens with one attached hydrogen (secondary N) is 1. The molecule has 0 atom stereocenters. The van der Waals surface area contributed by atoms with E-state index in [4.69, 9.17) is 0 Å². The Labute approximate surface area is 126 Å². The molecule has 1 aliphatic rings. The molecule has 1 amide bonds. The van der Waals surface area contributed by atoms with Gasteiger partial charge in [-0.05, 0) is 25.7 Å². The lowest BCUT2D eigenvalue weighted by Crippen LogP contribution is -2.44. The van der Waals surface area contributed by atoms with E-state index in [0.717, 1.165) is 37.9 Å².